The van der Waals surface area contributed by atoms with Gasteiger partial charge in [0, 0.05) is 18.3 Å². The molecule has 0 saturated heterocycles. The minimum atomic E-state index is -1.15. The molecule has 2 rings (SSSR count). The van der Waals surface area contributed by atoms with Crippen molar-refractivity contribution in [2.24, 2.45) is 0 Å². The first-order valence-corrected chi connectivity index (χ1v) is 6.10. The Morgan fingerprint density at radius 1 is 1.39 bits per heavy atom. The van der Waals surface area contributed by atoms with Gasteiger partial charge < -0.3 is 10.4 Å². The summed E-state index contributed by atoms with van der Waals surface area (Å²) in [6.07, 6.45) is 1.31. The van der Waals surface area contributed by atoms with Crippen molar-refractivity contribution < 1.29 is 14.7 Å². The fourth-order valence-corrected chi connectivity index (χ4v) is 2.03. The lowest BCUT2D eigenvalue weighted by Gasteiger charge is -2.04. The van der Waals surface area contributed by atoms with Gasteiger partial charge in [-0.2, -0.15) is 11.3 Å². The van der Waals surface area contributed by atoms with E-state index in [1.165, 1.54) is 18.3 Å². The first-order valence-electron chi connectivity index (χ1n) is 5.15. The van der Waals surface area contributed by atoms with Gasteiger partial charge in [-0.15, -0.1) is 0 Å². The highest BCUT2D eigenvalue weighted by Crippen LogP contribution is 2.06. The molecule has 2 heterocycles. The number of carbonyl (C=O) groups is 2. The first kappa shape index (κ1) is 12.3. The van der Waals surface area contributed by atoms with E-state index in [9.17, 15) is 9.59 Å². The van der Waals surface area contributed by atoms with Crippen molar-refractivity contribution in [3.63, 3.8) is 0 Å². The summed E-state index contributed by atoms with van der Waals surface area (Å²) in [4.78, 5) is 26.2. The maximum Gasteiger partial charge on any atom is 0.354 e. The van der Waals surface area contributed by atoms with E-state index in [2.05, 4.69) is 10.3 Å². The van der Waals surface area contributed by atoms with Gasteiger partial charge in [0.1, 0.15) is 5.69 Å². The minimum absolute atomic E-state index is 0.141. The molecule has 0 aromatic carbocycles. The highest BCUT2D eigenvalue weighted by molar-refractivity contribution is 7.07. The fourth-order valence-electron chi connectivity index (χ4n) is 1.37. The van der Waals surface area contributed by atoms with E-state index >= 15 is 0 Å². The molecular formula is C12H10N2O3S. The molecule has 18 heavy (non-hydrogen) atoms. The topological polar surface area (TPSA) is 79.3 Å². The summed E-state index contributed by atoms with van der Waals surface area (Å²) in [6.45, 7) is 0.424. The number of carboxylic acid groups (broad SMARTS) is 1. The van der Waals surface area contributed by atoms with Crippen molar-refractivity contribution >= 4 is 23.2 Å². The van der Waals surface area contributed by atoms with Crippen molar-refractivity contribution in [2.45, 2.75) is 6.54 Å². The summed E-state index contributed by atoms with van der Waals surface area (Å²) in [7, 11) is 0. The Labute approximate surface area is 107 Å². The van der Waals surface area contributed by atoms with Crippen molar-refractivity contribution in [3.8, 4) is 0 Å². The van der Waals surface area contributed by atoms with Gasteiger partial charge in [-0.25, -0.2) is 9.78 Å². The third kappa shape index (κ3) is 2.92. The van der Waals surface area contributed by atoms with Gasteiger partial charge in [0.15, 0.2) is 0 Å². The zero-order chi connectivity index (χ0) is 13.0. The van der Waals surface area contributed by atoms with Crippen LogP contribution in [0.1, 0.15) is 26.4 Å². The van der Waals surface area contributed by atoms with Gasteiger partial charge >= 0.3 is 5.97 Å². The summed E-state index contributed by atoms with van der Waals surface area (Å²) in [5.74, 6) is -1.46. The average Bonchev–Trinajstić information content (AvgIpc) is 2.89. The molecule has 2 N–H and O–H groups in total. The van der Waals surface area contributed by atoms with Crippen LogP contribution in [0.4, 0.5) is 0 Å². The molecule has 0 aliphatic heterocycles. The number of aromatic nitrogens is 1. The second-order valence-electron chi connectivity index (χ2n) is 3.55. The number of hydrogen-bond donors (Lipinski definition) is 2. The second-order valence-corrected chi connectivity index (χ2v) is 4.33. The van der Waals surface area contributed by atoms with Gasteiger partial charge in [0.2, 0.25) is 0 Å². The van der Waals surface area contributed by atoms with Crippen LogP contribution in [0.25, 0.3) is 0 Å². The number of nitrogens with zero attached hydrogens (tertiary/aromatic N) is 1. The SMILES string of the molecule is O=C(NCc1ccsc1)c1ccnc(C(=O)O)c1. The molecule has 0 atom stereocenters. The number of carbonyl (C=O) groups excluding carboxylic acids is 1. The summed E-state index contributed by atoms with van der Waals surface area (Å²) < 4.78 is 0. The standard InChI is InChI=1S/C12H10N2O3S/c15-11(14-6-8-2-4-18-7-8)9-1-3-13-10(5-9)12(16)17/h1-5,7H,6H2,(H,14,15)(H,16,17). The van der Waals surface area contributed by atoms with Crippen LogP contribution in [-0.2, 0) is 6.54 Å². The second kappa shape index (κ2) is 5.42. The van der Waals surface area contributed by atoms with Gasteiger partial charge in [-0.05, 0) is 34.5 Å². The Kier molecular flexibility index (Phi) is 3.69. The predicted molar refractivity (Wildman–Crippen MR) is 66.7 cm³/mol. The highest BCUT2D eigenvalue weighted by Gasteiger charge is 2.10. The van der Waals surface area contributed by atoms with Crippen molar-refractivity contribution in [2.75, 3.05) is 0 Å². The third-order valence-corrected chi connectivity index (χ3v) is 3.01. The molecular weight excluding hydrogens is 252 g/mol. The molecule has 2 aromatic rings. The monoisotopic (exact) mass is 262 g/mol. The van der Waals surface area contributed by atoms with Crippen LogP contribution in [0.3, 0.4) is 0 Å². The number of carboxylic acids is 1. The maximum absolute atomic E-state index is 11.8. The van der Waals surface area contributed by atoms with Crippen molar-refractivity contribution in [1.82, 2.24) is 10.3 Å². The molecule has 5 nitrogen and oxygen atoms in total. The Bertz CT molecular complexity index is 566. The lowest BCUT2D eigenvalue weighted by molar-refractivity contribution is 0.0690. The third-order valence-electron chi connectivity index (χ3n) is 2.27. The van der Waals surface area contributed by atoms with Crippen LogP contribution >= 0.6 is 11.3 Å². The summed E-state index contributed by atoms with van der Waals surface area (Å²) >= 11 is 1.55. The zero-order valence-corrected chi connectivity index (χ0v) is 10.1. The molecule has 0 aliphatic rings. The molecule has 0 aliphatic carbocycles. The van der Waals surface area contributed by atoms with E-state index in [4.69, 9.17) is 5.11 Å². The predicted octanol–water partition coefficient (Wildman–Crippen LogP) is 1.77. The number of thiophene rings is 1. The Morgan fingerprint density at radius 2 is 2.22 bits per heavy atom. The van der Waals surface area contributed by atoms with Gasteiger partial charge in [0.05, 0.1) is 0 Å². The minimum Gasteiger partial charge on any atom is -0.477 e. The van der Waals surface area contributed by atoms with Crippen LogP contribution in [0.15, 0.2) is 35.2 Å². The first-order chi connectivity index (χ1) is 8.66. The molecule has 0 bridgehead atoms. The van der Waals surface area contributed by atoms with E-state index in [1.54, 1.807) is 11.3 Å². The zero-order valence-electron chi connectivity index (χ0n) is 9.29. The van der Waals surface area contributed by atoms with Gasteiger partial charge in [-0.1, -0.05) is 0 Å². The van der Waals surface area contributed by atoms with Crippen LogP contribution in [0.5, 0.6) is 0 Å². The summed E-state index contributed by atoms with van der Waals surface area (Å²) in [5, 5.41) is 15.4. The fraction of sp³-hybridized carbons (Fsp3) is 0.0833. The Hall–Kier alpha value is -2.21. The van der Waals surface area contributed by atoms with Gasteiger partial charge in [-0.3, -0.25) is 4.79 Å². The highest BCUT2D eigenvalue weighted by atomic mass is 32.1. The molecule has 1 amide bonds. The van der Waals surface area contributed by atoms with E-state index in [0.717, 1.165) is 5.56 Å². The number of amides is 1. The lowest BCUT2D eigenvalue weighted by Crippen LogP contribution is -2.23. The van der Waals surface area contributed by atoms with E-state index in [1.807, 2.05) is 16.8 Å². The smallest absolute Gasteiger partial charge is 0.354 e. The number of rotatable bonds is 4. The number of nitrogens with one attached hydrogen (secondary N) is 1. The van der Waals surface area contributed by atoms with Crippen LogP contribution in [0.2, 0.25) is 0 Å². The van der Waals surface area contributed by atoms with E-state index < -0.39 is 5.97 Å². The van der Waals surface area contributed by atoms with Crippen molar-refractivity contribution in [3.05, 3.63) is 52.0 Å². The van der Waals surface area contributed by atoms with E-state index in [-0.39, 0.29) is 17.2 Å². The number of hydrogen-bond acceptors (Lipinski definition) is 4. The normalized spacial score (nSPS) is 10.0. The lowest BCUT2D eigenvalue weighted by atomic mass is 10.2. The Balaban J connectivity index is 2.04. The largest absolute Gasteiger partial charge is 0.477 e. The molecule has 92 valence electrons. The van der Waals surface area contributed by atoms with Gasteiger partial charge in [0.25, 0.3) is 5.91 Å². The summed E-state index contributed by atoms with van der Waals surface area (Å²) in [5.41, 5.74) is 1.16. The molecule has 6 heteroatoms. The number of aromatic carboxylic acids is 1. The Morgan fingerprint density at radius 3 is 2.89 bits per heavy atom. The quantitative estimate of drug-likeness (QED) is 0.880. The summed E-state index contributed by atoms with van der Waals surface area (Å²) in [6, 6.07) is 4.65. The van der Waals surface area contributed by atoms with Crippen molar-refractivity contribution in [1.29, 1.82) is 0 Å². The molecule has 0 radical (unpaired) electrons. The van der Waals surface area contributed by atoms with E-state index in [0.29, 0.717) is 6.54 Å². The van der Waals surface area contributed by atoms with Crippen LogP contribution in [0, 0.1) is 0 Å². The molecule has 0 unspecified atom stereocenters. The molecule has 0 fully saturated rings. The average molecular weight is 262 g/mol. The number of pyridine rings is 1. The molecule has 2 aromatic heterocycles. The van der Waals surface area contributed by atoms with Crippen LogP contribution in [-0.4, -0.2) is 22.0 Å². The maximum atomic E-state index is 11.8. The molecule has 0 saturated carbocycles. The van der Waals surface area contributed by atoms with Crippen LogP contribution < -0.4 is 5.32 Å². The molecule has 0 spiro atoms.